The lowest BCUT2D eigenvalue weighted by Gasteiger charge is -2.12. The Balaban J connectivity index is 1.82. The Kier molecular flexibility index (Phi) is 5.30. The van der Waals surface area contributed by atoms with E-state index in [0.717, 1.165) is 11.3 Å². The van der Waals surface area contributed by atoms with E-state index < -0.39 is 6.10 Å². The zero-order valence-electron chi connectivity index (χ0n) is 12.4. The van der Waals surface area contributed by atoms with Crippen LogP contribution in [0.2, 0.25) is 0 Å². The first-order valence-electron chi connectivity index (χ1n) is 7.08. The van der Waals surface area contributed by atoms with Crippen molar-refractivity contribution in [2.24, 2.45) is 0 Å². The SMILES string of the molecule is C=C(C)C(CCCC(=O)Oc1ccc2c(c1)CC(=O)N2)OO. The highest BCUT2D eigenvalue weighted by Gasteiger charge is 2.18. The van der Waals surface area contributed by atoms with Crippen LogP contribution in [0.15, 0.2) is 30.4 Å². The molecule has 0 bridgehead atoms. The number of benzene rings is 1. The van der Waals surface area contributed by atoms with Crippen LogP contribution in [-0.2, 0) is 20.9 Å². The summed E-state index contributed by atoms with van der Waals surface area (Å²) in [6.07, 6.45) is 1.05. The van der Waals surface area contributed by atoms with Crippen LogP contribution >= 0.6 is 0 Å². The van der Waals surface area contributed by atoms with Gasteiger partial charge in [-0.3, -0.25) is 14.8 Å². The molecule has 6 nitrogen and oxygen atoms in total. The topological polar surface area (TPSA) is 84.9 Å². The molecule has 0 aliphatic carbocycles. The van der Waals surface area contributed by atoms with Crippen molar-refractivity contribution >= 4 is 17.6 Å². The van der Waals surface area contributed by atoms with Gasteiger partial charge >= 0.3 is 5.97 Å². The lowest BCUT2D eigenvalue weighted by molar-refractivity contribution is -0.269. The molecule has 6 heteroatoms. The third kappa shape index (κ3) is 4.16. The summed E-state index contributed by atoms with van der Waals surface area (Å²) < 4.78 is 5.25. The molecule has 22 heavy (non-hydrogen) atoms. The minimum atomic E-state index is -0.468. The lowest BCUT2D eigenvalue weighted by Crippen LogP contribution is -2.14. The number of hydrogen-bond acceptors (Lipinski definition) is 5. The van der Waals surface area contributed by atoms with Gasteiger partial charge in [-0.15, -0.1) is 0 Å². The number of ether oxygens (including phenoxy) is 1. The van der Waals surface area contributed by atoms with Gasteiger partial charge in [-0.2, -0.15) is 0 Å². The van der Waals surface area contributed by atoms with Crippen LogP contribution in [0.4, 0.5) is 5.69 Å². The number of carbonyl (C=O) groups is 2. The summed E-state index contributed by atoms with van der Waals surface area (Å²) in [7, 11) is 0. The molecule has 118 valence electrons. The molecule has 1 amide bonds. The molecule has 1 aromatic rings. The van der Waals surface area contributed by atoms with Gasteiger partial charge in [0.15, 0.2) is 0 Å². The third-order valence-corrected chi connectivity index (χ3v) is 3.46. The van der Waals surface area contributed by atoms with E-state index in [1.54, 1.807) is 25.1 Å². The van der Waals surface area contributed by atoms with E-state index in [4.69, 9.17) is 9.99 Å². The Morgan fingerprint density at radius 1 is 1.50 bits per heavy atom. The fourth-order valence-corrected chi connectivity index (χ4v) is 2.27. The van der Waals surface area contributed by atoms with Crippen molar-refractivity contribution in [2.45, 2.75) is 38.7 Å². The maximum Gasteiger partial charge on any atom is 0.311 e. The van der Waals surface area contributed by atoms with Crippen LogP contribution in [0.1, 0.15) is 31.7 Å². The van der Waals surface area contributed by atoms with Gasteiger partial charge in [-0.1, -0.05) is 6.58 Å². The molecular weight excluding hydrogens is 286 g/mol. The van der Waals surface area contributed by atoms with Gasteiger partial charge in [0.25, 0.3) is 0 Å². The standard InChI is InChI=1S/C16H19NO5/c1-10(2)14(22-20)4-3-5-16(19)21-12-6-7-13-11(8-12)9-15(18)17-13/h6-8,14,20H,1,3-5,9H2,2H3,(H,17,18). The minimum absolute atomic E-state index is 0.0617. The van der Waals surface area contributed by atoms with Crippen molar-refractivity contribution in [3.8, 4) is 5.75 Å². The maximum absolute atomic E-state index is 11.8. The van der Waals surface area contributed by atoms with Gasteiger partial charge in [0, 0.05) is 12.1 Å². The van der Waals surface area contributed by atoms with Crippen molar-refractivity contribution < 1.29 is 24.5 Å². The zero-order chi connectivity index (χ0) is 16.1. The highest BCUT2D eigenvalue weighted by Crippen LogP contribution is 2.27. The normalized spacial score (nSPS) is 14.2. The summed E-state index contributed by atoms with van der Waals surface area (Å²) in [5, 5.41) is 11.4. The van der Waals surface area contributed by atoms with Gasteiger partial charge < -0.3 is 10.1 Å². The van der Waals surface area contributed by atoms with Gasteiger partial charge in [0.05, 0.1) is 6.42 Å². The molecule has 0 fully saturated rings. The third-order valence-electron chi connectivity index (χ3n) is 3.46. The molecule has 1 aromatic carbocycles. The van der Waals surface area contributed by atoms with Crippen molar-refractivity contribution in [1.82, 2.24) is 0 Å². The lowest BCUT2D eigenvalue weighted by atomic mass is 10.1. The molecule has 1 heterocycles. The number of rotatable bonds is 7. The maximum atomic E-state index is 11.8. The molecule has 0 saturated carbocycles. The summed E-state index contributed by atoms with van der Waals surface area (Å²) in [6.45, 7) is 5.45. The van der Waals surface area contributed by atoms with Crippen LogP contribution in [0, 0.1) is 0 Å². The fraction of sp³-hybridized carbons (Fsp3) is 0.375. The van der Waals surface area contributed by atoms with Crippen LogP contribution in [0.25, 0.3) is 0 Å². The van der Waals surface area contributed by atoms with Gasteiger partial charge in [-0.05, 0) is 49.1 Å². The van der Waals surface area contributed by atoms with E-state index in [1.165, 1.54) is 0 Å². The molecular formula is C16H19NO5. The first-order chi connectivity index (χ1) is 10.5. The van der Waals surface area contributed by atoms with Crippen molar-refractivity contribution in [1.29, 1.82) is 0 Å². The largest absolute Gasteiger partial charge is 0.427 e. The first-order valence-corrected chi connectivity index (χ1v) is 7.08. The summed E-state index contributed by atoms with van der Waals surface area (Å²) in [5.74, 6) is -0.000867. The highest BCUT2D eigenvalue weighted by molar-refractivity contribution is 5.99. The molecule has 1 aliphatic heterocycles. The van der Waals surface area contributed by atoms with E-state index in [2.05, 4.69) is 16.8 Å². The van der Waals surface area contributed by atoms with Crippen LogP contribution < -0.4 is 10.1 Å². The number of esters is 1. The predicted octanol–water partition coefficient (Wildman–Crippen LogP) is 2.69. The van der Waals surface area contributed by atoms with E-state index in [9.17, 15) is 9.59 Å². The Morgan fingerprint density at radius 3 is 2.95 bits per heavy atom. The van der Waals surface area contributed by atoms with Crippen LogP contribution in [0.3, 0.4) is 0 Å². The summed E-state index contributed by atoms with van der Waals surface area (Å²) in [6, 6.07) is 5.06. The number of amides is 1. The first kappa shape index (κ1) is 16.2. The average molecular weight is 305 g/mol. The predicted molar refractivity (Wildman–Crippen MR) is 80.6 cm³/mol. The summed E-state index contributed by atoms with van der Waals surface area (Å²) >= 11 is 0. The molecule has 1 unspecified atom stereocenters. The number of fused-ring (bicyclic) bond motifs is 1. The van der Waals surface area contributed by atoms with Crippen molar-refractivity contribution in [2.75, 3.05) is 5.32 Å². The molecule has 2 N–H and O–H groups in total. The minimum Gasteiger partial charge on any atom is -0.427 e. The number of hydrogen-bond donors (Lipinski definition) is 2. The summed E-state index contributed by atoms with van der Waals surface area (Å²) in [4.78, 5) is 27.3. The number of anilines is 1. The Hall–Kier alpha value is -2.18. The van der Waals surface area contributed by atoms with Crippen molar-refractivity contribution in [3.05, 3.63) is 35.9 Å². The van der Waals surface area contributed by atoms with E-state index in [-0.39, 0.29) is 18.3 Å². The molecule has 1 aliphatic rings. The van der Waals surface area contributed by atoms with E-state index >= 15 is 0 Å². The van der Waals surface area contributed by atoms with Crippen LogP contribution in [0.5, 0.6) is 5.75 Å². The Morgan fingerprint density at radius 2 is 2.27 bits per heavy atom. The van der Waals surface area contributed by atoms with Gasteiger partial charge in [-0.25, -0.2) is 4.89 Å². The molecule has 0 spiro atoms. The average Bonchev–Trinajstić information content (AvgIpc) is 2.82. The molecule has 0 radical (unpaired) electrons. The zero-order valence-corrected chi connectivity index (χ0v) is 12.4. The van der Waals surface area contributed by atoms with Crippen molar-refractivity contribution in [3.63, 3.8) is 0 Å². The second kappa shape index (κ2) is 7.20. The van der Waals surface area contributed by atoms with E-state index in [1.807, 2.05) is 0 Å². The van der Waals surface area contributed by atoms with Gasteiger partial charge in [0.2, 0.25) is 5.91 Å². The quantitative estimate of drug-likeness (QED) is 0.266. The number of nitrogens with one attached hydrogen (secondary N) is 1. The molecule has 0 saturated heterocycles. The van der Waals surface area contributed by atoms with Crippen LogP contribution in [-0.4, -0.2) is 23.2 Å². The molecule has 0 aromatic heterocycles. The Bertz CT molecular complexity index is 596. The monoisotopic (exact) mass is 305 g/mol. The fourth-order valence-electron chi connectivity index (χ4n) is 2.27. The highest BCUT2D eigenvalue weighted by atomic mass is 17.1. The van der Waals surface area contributed by atoms with Gasteiger partial charge in [0.1, 0.15) is 11.9 Å². The second-order valence-electron chi connectivity index (χ2n) is 5.35. The van der Waals surface area contributed by atoms with E-state index in [0.29, 0.717) is 30.6 Å². The Labute approximate surface area is 128 Å². The summed E-state index contributed by atoms with van der Waals surface area (Å²) in [5.41, 5.74) is 2.28. The molecule has 1 atom stereocenters. The molecule has 2 rings (SSSR count). The second-order valence-corrected chi connectivity index (χ2v) is 5.35. The number of carbonyl (C=O) groups excluding carboxylic acids is 2. The smallest absolute Gasteiger partial charge is 0.311 e.